The van der Waals surface area contributed by atoms with Gasteiger partial charge in [0.05, 0.1) is 0 Å². The molecule has 0 amide bonds. The van der Waals surface area contributed by atoms with Gasteiger partial charge >= 0.3 is 0 Å². The molecule has 0 fully saturated rings. The SMILES string of the molecule is CPP=PI. The molecular formula is CH4IP3. The molecule has 0 aliphatic heterocycles. The monoisotopic (exact) mass is 236 g/mol. The van der Waals surface area contributed by atoms with Crippen LogP contribution in [0.4, 0.5) is 0 Å². The van der Waals surface area contributed by atoms with E-state index in [1.54, 1.807) is 7.56 Å². The summed E-state index contributed by atoms with van der Waals surface area (Å²) < 4.78 is 0. The quantitative estimate of drug-likeness (QED) is 0.483. The summed E-state index contributed by atoms with van der Waals surface area (Å²) in [7, 11) is 2.68. The maximum absolute atomic E-state index is 2.35. The second kappa shape index (κ2) is 5.76. The first-order valence-electron chi connectivity index (χ1n) is 1.09. The second-order valence-corrected chi connectivity index (χ2v) is 9.28. The summed E-state index contributed by atoms with van der Waals surface area (Å²) in [4.78, 5) is 0. The first-order chi connectivity index (χ1) is 2.41. The van der Waals surface area contributed by atoms with E-state index in [4.69, 9.17) is 0 Å². The molecule has 0 nitrogen and oxygen atoms in total. The van der Waals surface area contributed by atoms with E-state index in [0.717, 1.165) is 8.27 Å². The first kappa shape index (κ1) is 6.76. The number of hydrogen-bond acceptors (Lipinski definition) is 0. The van der Waals surface area contributed by atoms with Crippen LogP contribution in [0.5, 0.6) is 0 Å². The molecule has 0 aliphatic carbocycles. The zero-order valence-corrected chi connectivity index (χ0v) is 7.72. The van der Waals surface area contributed by atoms with Gasteiger partial charge in [0.25, 0.3) is 0 Å². The van der Waals surface area contributed by atoms with Gasteiger partial charge in [-0.25, -0.2) is 0 Å². The van der Waals surface area contributed by atoms with Crippen LogP contribution in [-0.2, 0) is 0 Å². The minimum Gasteiger partial charge on any atom is -0.0655 e. The average molecular weight is 236 g/mol. The Balaban J connectivity index is 2.62. The average Bonchev–Trinajstić information content (AvgIpc) is 1.41. The maximum Gasteiger partial charge on any atom is 0.00231 e. The zero-order valence-electron chi connectivity index (χ0n) is 2.77. The minimum atomic E-state index is 1.11. The lowest BCUT2D eigenvalue weighted by Gasteiger charge is -1.62. The lowest BCUT2D eigenvalue weighted by Crippen LogP contribution is -1.02. The van der Waals surface area contributed by atoms with Crippen molar-refractivity contribution < 1.29 is 0 Å². The fourth-order valence-electron chi connectivity index (χ4n) is 0.0378. The van der Waals surface area contributed by atoms with Gasteiger partial charge in [-0.2, -0.15) is 0 Å². The summed E-state index contributed by atoms with van der Waals surface area (Å²) in [5.74, 6) is 0. The van der Waals surface area contributed by atoms with E-state index in [-0.39, 0.29) is 0 Å². The van der Waals surface area contributed by atoms with Crippen LogP contribution < -0.4 is 0 Å². The van der Waals surface area contributed by atoms with Gasteiger partial charge in [-0.05, 0) is 36.3 Å². The van der Waals surface area contributed by atoms with Gasteiger partial charge in [0.1, 0.15) is 0 Å². The third kappa shape index (κ3) is 5.76. The van der Waals surface area contributed by atoms with Crippen LogP contribution in [0.25, 0.3) is 0 Å². The molecule has 4 heteroatoms. The molecule has 0 spiro atoms. The Morgan fingerprint density at radius 1 is 1.80 bits per heavy atom. The standard InChI is InChI=1S/CH4IP3/c1-3-5-4-2/h3H,1H3. The third-order valence-electron chi connectivity index (χ3n) is 0.138. The molecular weight excluding hydrogens is 232 g/mol. The Hall–Kier alpha value is 1.76. The molecule has 0 saturated carbocycles. The summed E-state index contributed by atoms with van der Waals surface area (Å²) in [6, 6.07) is 0. The van der Waals surface area contributed by atoms with Crippen LogP contribution >= 0.6 is 43.4 Å². The Morgan fingerprint density at radius 3 is 2.40 bits per heavy atom. The molecule has 5 heavy (non-hydrogen) atoms. The van der Waals surface area contributed by atoms with Gasteiger partial charge in [-0.15, -0.1) is 0 Å². The van der Waals surface area contributed by atoms with Crippen molar-refractivity contribution in [1.29, 1.82) is 0 Å². The highest BCUT2D eigenvalue weighted by Crippen LogP contribution is 2.37. The van der Waals surface area contributed by atoms with Crippen molar-refractivity contribution in [3.63, 3.8) is 0 Å². The summed E-state index contributed by atoms with van der Waals surface area (Å²) in [6.07, 6.45) is 0. The largest absolute Gasteiger partial charge is 0.0655 e. The Morgan fingerprint density at radius 2 is 2.40 bits per heavy atom. The Bertz CT molecular complexity index is 33.9. The molecule has 0 bridgehead atoms. The van der Waals surface area contributed by atoms with Gasteiger partial charge < -0.3 is 0 Å². The molecule has 0 saturated heterocycles. The van der Waals surface area contributed by atoms with E-state index in [9.17, 15) is 0 Å². The summed E-state index contributed by atoms with van der Waals surface area (Å²) in [6.45, 7) is 2.22. The molecule has 0 N–H and O–H groups in total. The highest BCUT2D eigenvalue weighted by Gasteiger charge is 1.54. The molecule has 0 heterocycles. The van der Waals surface area contributed by atoms with Gasteiger partial charge in [0, 0.05) is 5.51 Å². The fourth-order valence-corrected chi connectivity index (χ4v) is 6.85. The van der Waals surface area contributed by atoms with Crippen molar-refractivity contribution in [2.45, 2.75) is 0 Å². The van der Waals surface area contributed by atoms with E-state index < -0.39 is 0 Å². The van der Waals surface area contributed by atoms with Gasteiger partial charge in [-0.3, -0.25) is 0 Å². The van der Waals surface area contributed by atoms with E-state index >= 15 is 0 Å². The molecule has 0 aromatic carbocycles. The lowest BCUT2D eigenvalue weighted by molar-refractivity contribution is 2.51. The topological polar surface area (TPSA) is 0 Å². The van der Waals surface area contributed by atoms with Crippen LogP contribution in [0.2, 0.25) is 0 Å². The van der Waals surface area contributed by atoms with Crippen molar-refractivity contribution in [3.05, 3.63) is 0 Å². The Kier molecular flexibility index (Phi) is 7.79. The van der Waals surface area contributed by atoms with Crippen LogP contribution in [0.1, 0.15) is 0 Å². The summed E-state index contributed by atoms with van der Waals surface area (Å²) >= 11 is 2.35. The highest BCUT2D eigenvalue weighted by molar-refractivity contribution is 14.2. The number of hydrogen-bond donors (Lipinski definition) is 0. The molecule has 30 valence electrons. The van der Waals surface area contributed by atoms with Crippen molar-refractivity contribution in [1.82, 2.24) is 0 Å². The minimum absolute atomic E-state index is 1.11. The maximum atomic E-state index is 2.35. The van der Waals surface area contributed by atoms with Gasteiger partial charge in [0.15, 0.2) is 0 Å². The molecule has 0 rings (SSSR count). The van der Waals surface area contributed by atoms with Crippen LogP contribution in [-0.4, -0.2) is 6.66 Å². The molecule has 0 aromatic heterocycles. The molecule has 1 atom stereocenters. The zero-order chi connectivity index (χ0) is 4.12. The van der Waals surface area contributed by atoms with E-state index in [1.807, 2.05) is 0 Å². The van der Waals surface area contributed by atoms with Crippen LogP contribution in [0, 0.1) is 0 Å². The smallest absolute Gasteiger partial charge is 0.00231 e. The molecule has 0 radical (unpaired) electrons. The predicted octanol–water partition coefficient (Wildman–Crippen LogP) is 3.37. The highest BCUT2D eigenvalue weighted by atomic mass is 127. The number of rotatable bonds is 1. The summed E-state index contributed by atoms with van der Waals surface area (Å²) in [5.41, 5.74) is 1.48. The van der Waals surface area contributed by atoms with Crippen molar-refractivity contribution >= 4 is 43.4 Å². The second-order valence-electron chi connectivity index (χ2n) is 0.399. The van der Waals surface area contributed by atoms with Crippen molar-refractivity contribution in [3.8, 4) is 0 Å². The van der Waals surface area contributed by atoms with Crippen molar-refractivity contribution in [2.24, 2.45) is 0 Å². The van der Waals surface area contributed by atoms with E-state index in [1.165, 1.54) is 5.51 Å². The van der Waals surface area contributed by atoms with Crippen LogP contribution in [0.15, 0.2) is 0 Å². The molecule has 1 unspecified atom stereocenters. The fraction of sp³-hybridized carbons (Fsp3) is 1.00. The third-order valence-corrected chi connectivity index (χ3v) is 9.55. The molecule has 0 aromatic rings. The Labute approximate surface area is 50.1 Å². The van der Waals surface area contributed by atoms with E-state index in [2.05, 4.69) is 28.7 Å². The van der Waals surface area contributed by atoms with Gasteiger partial charge in [0.2, 0.25) is 0 Å². The summed E-state index contributed by atoms with van der Waals surface area (Å²) in [5, 5.41) is 0. The predicted molar refractivity (Wildman–Crippen MR) is 42.1 cm³/mol. The molecule has 0 aliphatic rings. The lowest BCUT2D eigenvalue weighted by atomic mass is 12.0. The first-order valence-corrected chi connectivity index (χ1v) is 8.71. The normalized spacial score (nSPS) is 12.4. The van der Waals surface area contributed by atoms with Crippen molar-refractivity contribution in [2.75, 3.05) is 6.66 Å². The number of halogens is 1. The van der Waals surface area contributed by atoms with Gasteiger partial charge in [-0.1, -0.05) is 8.27 Å². The van der Waals surface area contributed by atoms with E-state index in [0.29, 0.717) is 0 Å². The van der Waals surface area contributed by atoms with Crippen LogP contribution in [0.3, 0.4) is 0 Å².